The lowest BCUT2D eigenvalue weighted by molar-refractivity contribution is -0.385. The minimum absolute atomic E-state index is 0.0521. The van der Waals surface area contributed by atoms with Crippen molar-refractivity contribution in [2.75, 3.05) is 0 Å². The number of benzene rings is 1. The number of halogens is 2. The van der Waals surface area contributed by atoms with Crippen molar-refractivity contribution in [1.29, 1.82) is 0 Å². The molecule has 0 spiro atoms. The zero-order chi connectivity index (χ0) is 15.6. The van der Waals surface area contributed by atoms with E-state index in [1.165, 1.54) is 18.3 Å². The van der Waals surface area contributed by atoms with E-state index in [9.17, 15) is 15.2 Å². The van der Waals surface area contributed by atoms with Gasteiger partial charge in [0.1, 0.15) is 5.75 Å². The van der Waals surface area contributed by atoms with Gasteiger partial charge in [-0.05, 0) is 50.9 Å². The average Bonchev–Trinajstić information content (AvgIpc) is 2.43. The fourth-order valence-corrected chi connectivity index (χ4v) is 2.89. The SMILES string of the molecule is C[C@H](O)c1ccc(Oc2c(Br)cc([N+](=O)[O-])cc2Br)cn1. The molecule has 0 saturated carbocycles. The predicted molar refractivity (Wildman–Crippen MR) is 83.4 cm³/mol. The van der Waals surface area contributed by atoms with Crippen LogP contribution in [0.25, 0.3) is 0 Å². The van der Waals surface area contributed by atoms with Crippen LogP contribution >= 0.6 is 31.9 Å². The molecule has 1 aromatic carbocycles. The van der Waals surface area contributed by atoms with Gasteiger partial charge in [-0.2, -0.15) is 0 Å². The Labute approximate surface area is 137 Å². The summed E-state index contributed by atoms with van der Waals surface area (Å²) < 4.78 is 6.54. The highest BCUT2D eigenvalue weighted by molar-refractivity contribution is 9.11. The van der Waals surface area contributed by atoms with Gasteiger partial charge in [0.05, 0.1) is 31.9 Å². The molecule has 1 N–H and O–H groups in total. The number of aliphatic hydroxyl groups excluding tert-OH is 1. The molecule has 0 unspecified atom stereocenters. The molecule has 1 heterocycles. The molecule has 8 heteroatoms. The molecule has 110 valence electrons. The fourth-order valence-electron chi connectivity index (χ4n) is 1.57. The molecule has 21 heavy (non-hydrogen) atoms. The Morgan fingerprint density at radius 3 is 2.38 bits per heavy atom. The molecule has 0 radical (unpaired) electrons. The van der Waals surface area contributed by atoms with E-state index in [1.807, 2.05) is 0 Å². The minimum Gasteiger partial charge on any atom is -0.453 e. The maximum Gasteiger partial charge on any atom is 0.271 e. The standard InChI is InChI=1S/C13H10Br2N2O4/c1-7(18)12-3-2-9(6-16-12)21-13-10(14)4-8(17(19)20)5-11(13)15/h2-7,18H,1H3/t7-/m0/s1. The highest BCUT2D eigenvalue weighted by Crippen LogP contribution is 2.39. The van der Waals surface area contributed by atoms with E-state index in [-0.39, 0.29) is 5.69 Å². The molecule has 1 aromatic heterocycles. The number of ether oxygens (including phenoxy) is 1. The predicted octanol–water partition coefficient (Wildman–Crippen LogP) is 4.36. The molecule has 0 aliphatic carbocycles. The third kappa shape index (κ3) is 3.78. The Morgan fingerprint density at radius 1 is 1.33 bits per heavy atom. The first-order valence-corrected chi connectivity index (χ1v) is 7.42. The van der Waals surface area contributed by atoms with Gasteiger partial charge in [-0.15, -0.1) is 0 Å². The molecular formula is C13H10Br2N2O4. The van der Waals surface area contributed by atoms with Crippen molar-refractivity contribution in [2.45, 2.75) is 13.0 Å². The smallest absolute Gasteiger partial charge is 0.271 e. The summed E-state index contributed by atoms with van der Waals surface area (Å²) in [6.07, 6.45) is 0.819. The van der Waals surface area contributed by atoms with Crippen LogP contribution < -0.4 is 4.74 Å². The molecule has 0 aliphatic heterocycles. The third-order valence-electron chi connectivity index (χ3n) is 2.60. The molecule has 0 aliphatic rings. The summed E-state index contributed by atoms with van der Waals surface area (Å²) in [4.78, 5) is 14.3. The Kier molecular flexibility index (Phi) is 4.92. The Bertz CT molecular complexity index is 651. The number of nitrogens with zero attached hydrogens (tertiary/aromatic N) is 2. The van der Waals surface area contributed by atoms with Crippen LogP contribution in [-0.2, 0) is 0 Å². The Balaban J connectivity index is 2.29. The number of rotatable bonds is 4. The van der Waals surface area contributed by atoms with Gasteiger partial charge in [-0.3, -0.25) is 15.1 Å². The zero-order valence-corrected chi connectivity index (χ0v) is 14.0. The van der Waals surface area contributed by atoms with Gasteiger partial charge < -0.3 is 9.84 Å². The number of non-ortho nitro benzene ring substituents is 1. The van der Waals surface area contributed by atoms with E-state index >= 15 is 0 Å². The molecule has 0 fully saturated rings. The lowest BCUT2D eigenvalue weighted by Crippen LogP contribution is -1.96. The van der Waals surface area contributed by atoms with Crippen molar-refractivity contribution in [3.63, 3.8) is 0 Å². The van der Waals surface area contributed by atoms with Gasteiger partial charge in [-0.25, -0.2) is 0 Å². The number of aliphatic hydroxyl groups is 1. The van der Waals surface area contributed by atoms with Gasteiger partial charge >= 0.3 is 0 Å². The summed E-state index contributed by atoms with van der Waals surface area (Å²) in [6.45, 7) is 1.62. The van der Waals surface area contributed by atoms with E-state index in [2.05, 4.69) is 36.8 Å². The second-order valence-electron chi connectivity index (χ2n) is 4.19. The monoisotopic (exact) mass is 416 g/mol. The molecule has 0 amide bonds. The van der Waals surface area contributed by atoms with Crippen molar-refractivity contribution < 1.29 is 14.8 Å². The lowest BCUT2D eigenvalue weighted by Gasteiger charge is -2.10. The zero-order valence-electron chi connectivity index (χ0n) is 10.8. The van der Waals surface area contributed by atoms with Crippen LogP contribution in [0.1, 0.15) is 18.7 Å². The third-order valence-corrected chi connectivity index (χ3v) is 3.78. The fraction of sp³-hybridized carbons (Fsp3) is 0.154. The van der Waals surface area contributed by atoms with Crippen LogP contribution in [0.2, 0.25) is 0 Å². The number of hydrogen-bond acceptors (Lipinski definition) is 5. The molecule has 2 aromatic rings. The van der Waals surface area contributed by atoms with E-state index in [0.29, 0.717) is 26.1 Å². The quantitative estimate of drug-likeness (QED) is 0.589. The minimum atomic E-state index is -0.656. The summed E-state index contributed by atoms with van der Waals surface area (Å²) in [5.41, 5.74) is 0.479. The highest BCUT2D eigenvalue weighted by Gasteiger charge is 2.16. The van der Waals surface area contributed by atoms with Crippen LogP contribution in [0.3, 0.4) is 0 Å². The van der Waals surface area contributed by atoms with Crippen molar-refractivity contribution >= 4 is 37.5 Å². The summed E-state index contributed by atoms with van der Waals surface area (Å²) in [7, 11) is 0. The van der Waals surface area contributed by atoms with Crippen LogP contribution in [-0.4, -0.2) is 15.0 Å². The van der Waals surface area contributed by atoms with Gasteiger partial charge in [0, 0.05) is 12.1 Å². The van der Waals surface area contributed by atoms with Crippen LogP contribution in [0.5, 0.6) is 11.5 Å². The first-order valence-electron chi connectivity index (χ1n) is 5.84. The topological polar surface area (TPSA) is 85.5 Å². The van der Waals surface area contributed by atoms with E-state index in [4.69, 9.17) is 4.74 Å². The van der Waals surface area contributed by atoms with Gasteiger partial charge in [-0.1, -0.05) is 0 Å². The van der Waals surface area contributed by atoms with Crippen LogP contribution in [0, 0.1) is 10.1 Å². The summed E-state index contributed by atoms with van der Waals surface area (Å²) >= 11 is 6.48. The summed E-state index contributed by atoms with van der Waals surface area (Å²) in [5.74, 6) is 0.863. The molecular weight excluding hydrogens is 408 g/mol. The average molecular weight is 418 g/mol. The number of aromatic nitrogens is 1. The van der Waals surface area contributed by atoms with E-state index < -0.39 is 11.0 Å². The van der Waals surface area contributed by atoms with Gasteiger partial charge in [0.2, 0.25) is 0 Å². The van der Waals surface area contributed by atoms with Crippen molar-refractivity contribution in [2.24, 2.45) is 0 Å². The first-order chi connectivity index (χ1) is 9.88. The first kappa shape index (κ1) is 15.9. The van der Waals surface area contributed by atoms with Crippen LogP contribution in [0.4, 0.5) is 5.69 Å². The number of nitro benzene ring substituents is 1. The maximum absolute atomic E-state index is 10.8. The number of pyridine rings is 1. The van der Waals surface area contributed by atoms with Gasteiger partial charge in [0.25, 0.3) is 5.69 Å². The molecule has 0 bridgehead atoms. The second kappa shape index (κ2) is 6.50. The van der Waals surface area contributed by atoms with Gasteiger partial charge in [0.15, 0.2) is 5.75 Å². The Hall–Kier alpha value is -1.51. The largest absolute Gasteiger partial charge is 0.453 e. The molecule has 0 saturated heterocycles. The summed E-state index contributed by atoms with van der Waals surface area (Å²) in [6, 6.07) is 6.03. The number of nitro groups is 1. The van der Waals surface area contributed by atoms with Crippen molar-refractivity contribution in [3.8, 4) is 11.5 Å². The Morgan fingerprint density at radius 2 is 1.95 bits per heavy atom. The second-order valence-corrected chi connectivity index (χ2v) is 5.90. The van der Waals surface area contributed by atoms with Crippen molar-refractivity contribution in [1.82, 2.24) is 4.98 Å². The molecule has 2 rings (SSSR count). The normalized spacial score (nSPS) is 12.0. The number of hydrogen-bond donors (Lipinski definition) is 1. The lowest BCUT2D eigenvalue weighted by atomic mass is 10.2. The highest BCUT2D eigenvalue weighted by atomic mass is 79.9. The van der Waals surface area contributed by atoms with E-state index in [1.54, 1.807) is 19.1 Å². The molecule has 6 nitrogen and oxygen atoms in total. The van der Waals surface area contributed by atoms with Crippen LogP contribution in [0.15, 0.2) is 39.4 Å². The van der Waals surface area contributed by atoms with Crippen molar-refractivity contribution in [3.05, 3.63) is 55.2 Å². The van der Waals surface area contributed by atoms with E-state index in [0.717, 1.165) is 0 Å². The summed E-state index contributed by atoms with van der Waals surface area (Å²) in [5, 5.41) is 20.2. The molecule has 1 atom stereocenters. The maximum atomic E-state index is 10.8.